The van der Waals surface area contributed by atoms with Crippen LogP contribution in [0.3, 0.4) is 0 Å². The van der Waals surface area contributed by atoms with Crippen molar-refractivity contribution in [2.75, 3.05) is 20.8 Å². The summed E-state index contributed by atoms with van der Waals surface area (Å²) in [6.07, 6.45) is 0.896. The molecule has 124 valence electrons. The first-order chi connectivity index (χ1) is 11.1. The molecular formula is C17H23N3O2S. The van der Waals surface area contributed by atoms with E-state index in [9.17, 15) is 0 Å². The molecule has 0 fully saturated rings. The predicted octanol–water partition coefficient (Wildman–Crippen LogP) is 3.79. The first-order valence-corrected chi connectivity index (χ1v) is 8.50. The zero-order valence-electron chi connectivity index (χ0n) is 14.3. The van der Waals surface area contributed by atoms with Crippen molar-refractivity contribution in [3.05, 3.63) is 28.4 Å². The maximum Gasteiger partial charge on any atom is 0.206 e. The highest BCUT2D eigenvalue weighted by Crippen LogP contribution is 2.33. The normalized spacial score (nSPS) is 12.6. The van der Waals surface area contributed by atoms with E-state index in [0.29, 0.717) is 0 Å². The van der Waals surface area contributed by atoms with Gasteiger partial charge in [-0.2, -0.15) is 5.10 Å². The average molecular weight is 333 g/mol. The predicted molar refractivity (Wildman–Crippen MR) is 95.8 cm³/mol. The molecule has 0 spiro atoms. The van der Waals surface area contributed by atoms with E-state index in [-0.39, 0.29) is 0 Å². The Morgan fingerprint density at radius 3 is 2.61 bits per heavy atom. The summed E-state index contributed by atoms with van der Waals surface area (Å²) in [6, 6.07) is 5.79. The number of rotatable bonds is 6. The lowest BCUT2D eigenvalue weighted by Crippen LogP contribution is -2.14. The molecule has 1 aromatic carbocycles. The first-order valence-electron chi connectivity index (χ1n) is 7.62. The van der Waals surface area contributed by atoms with E-state index in [1.165, 1.54) is 0 Å². The van der Waals surface area contributed by atoms with Crippen molar-refractivity contribution in [2.24, 2.45) is 10.1 Å². The van der Waals surface area contributed by atoms with E-state index in [4.69, 9.17) is 14.6 Å². The van der Waals surface area contributed by atoms with Crippen LogP contribution < -0.4 is 14.3 Å². The van der Waals surface area contributed by atoms with E-state index < -0.39 is 0 Å². The summed E-state index contributed by atoms with van der Waals surface area (Å²) in [5.74, 6) is 1.52. The van der Waals surface area contributed by atoms with Gasteiger partial charge in [-0.25, -0.2) is 4.68 Å². The molecule has 0 amide bonds. The number of hydrogen-bond donors (Lipinski definition) is 0. The molecule has 0 aliphatic rings. The van der Waals surface area contributed by atoms with E-state index in [0.717, 1.165) is 46.2 Å². The van der Waals surface area contributed by atoms with Crippen molar-refractivity contribution in [3.63, 3.8) is 0 Å². The third-order valence-electron chi connectivity index (χ3n) is 3.45. The molecule has 0 saturated heterocycles. The monoisotopic (exact) mass is 333 g/mol. The molecule has 23 heavy (non-hydrogen) atoms. The van der Waals surface area contributed by atoms with Crippen LogP contribution in [0.2, 0.25) is 0 Å². The van der Waals surface area contributed by atoms with Crippen molar-refractivity contribution >= 4 is 17.0 Å². The molecule has 1 aromatic heterocycles. The summed E-state index contributed by atoms with van der Waals surface area (Å²) < 4.78 is 12.7. The zero-order valence-corrected chi connectivity index (χ0v) is 15.1. The number of aromatic nitrogens is 1. The van der Waals surface area contributed by atoms with Crippen LogP contribution in [0.1, 0.15) is 27.2 Å². The van der Waals surface area contributed by atoms with E-state index >= 15 is 0 Å². The summed E-state index contributed by atoms with van der Waals surface area (Å²) >= 11 is 1.58. The highest BCUT2D eigenvalue weighted by atomic mass is 32.1. The first kappa shape index (κ1) is 17.3. The fourth-order valence-electron chi connectivity index (χ4n) is 2.08. The molecule has 2 aromatic rings. The number of hydrogen-bond acceptors (Lipinski definition) is 5. The lowest BCUT2D eigenvalue weighted by molar-refractivity contribution is 0.395. The smallest absolute Gasteiger partial charge is 0.206 e. The Morgan fingerprint density at radius 2 is 2.00 bits per heavy atom. The second-order valence-corrected chi connectivity index (χ2v) is 5.78. The lowest BCUT2D eigenvalue weighted by Gasteiger charge is -2.11. The molecule has 5 nitrogen and oxygen atoms in total. The van der Waals surface area contributed by atoms with Gasteiger partial charge in [0.1, 0.15) is 11.5 Å². The third-order valence-corrected chi connectivity index (χ3v) is 4.30. The van der Waals surface area contributed by atoms with E-state index in [1.54, 1.807) is 25.6 Å². The number of benzene rings is 1. The Bertz CT molecular complexity index is 759. The van der Waals surface area contributed by atoms with Gasteiger partial charge >= 0.3 is 0 Å². The molecule has 0 bridgehead atoms. The van der Waals surface area contributed by atoms with Gasteiger partial charge in [0, 0.05) is 29.3 Å². The summed E-state index contributed by atoms with van der Waals surface area (Å²) in [5, 5.41) is 6.77. The van der Waals surface area contributed by atoms with Crippen molar-refractivity contribution in [3.8, 4) is 22.8 Å². The molecule has 2 rings (SSSR count). The molecule has 0 N–H and O–H groups in total. The molecule has 6 heteroatoms. The van der Waals surface area contributed by atoms with Crippen LogP contribution in [-0.4, -0.2) is 31.2 Å². The Morgan fingerprint density at radius 1 is 1.22 bits per heavy atom. The van der Waals surface area contributed by atoms with Gasteiger partial charge in [-0.3, -0.25) is 4.99 Å². The quantitative estimate of drug-likeness (QED) is 0.755. The second-order valence-electron chi connectivity index (χ2n) is 4.94. The maximum absolute atomic E-state index is 5.53. The minimum atomic E-state index is 0.723. The Balaban J connectivity index is 2.67. The van der Waals surface area contributed by atoms with Crippen LogP contribution in [0.4, 0.5) is 0 Å². The van der Waals surface area contributed by atoms with Crippen LogP contribution in [-0.2, 0) is 0 Å². The molecule has 0 saturated carbocycles. The molecular weight excluding hydrogens is 310 g/mol. The SMILES string of the molecule is CCN=c1scc(-c2ccc(OC)cc2OC)n1N=C(C)CC. The van der Waals surface area contributed by atoms with Crippen LogP contribution in [0.5, 0.6) is 11.5 Å². The molecule has 1 heterocycles. The van der Waals surface area contributed by atoms with Gasteiger partial charge in [0.2, 0.25) is 4.80 Å². The zero-order chi connectivity index (χ0) is 16.8. The van der Waals surface area contributed by atoms with Gasteiger partial charge in [-0.1, -0.05) is 6.92 Å². The van der Waals surface area contributed by atoms with Gasteiger partial charge in [0.25, 0.3) is 0 Å². The summed E-state index contributed by atoms with van der Waals surface area (Å²) in [4.78, 5) is 5.42. The summed E-state index contributed by atoms with van der Waals surface area (Å²) in [7, 11) is 3.30. The average Bonchev–Trinajstić information content (AvgIpc) is 2.96. The summed E-state index contributed by atoms with van der Waals surface area (Å²) in [5.41, 5.74) is 2.99. The highest BCUT2D eigenvalue weighted by Gasteiger charge is 2.13. The van der Waals surface area contributed by atoms with Gasteiger partial charge in [-0.15, -0.1) is 11.3 Å². The molecule has 0 unspecified atom stereocenters. The minimum absolute atomic E-state index is 0.723. The number of thiazole rings is 1. The molecule has 0 aliphatic heterocycles. The van der Waals surface area contributed by atoms with Crippen molar-refractivity contribution in [2.45, 2.75) is 27.2 Å². The topological polar surface area (TPSA) is 48.1 Å². The third kappa shape index (κ3) is 3.82. The van der Waals surface area contributed by atoms with Crippen molar-refractivity contribution in [1.82, 2.24) is 4.68 Å². The molecule has 0 radical (unpaired) electrons. The standard InChI is InChI=1S/C17H23N3O2S/c1-6-12(3)19-20-15(11-23-17(20)18-7-2)14-9-8-13(21-4)10-16(14)22-5/h8-11H,6-7H2,1-5H3. The molecule has 0 atom stereocenters. The fraction of sp³-hybridized carbons (Fsp3) is 0.412. The maximum atomic E-state index is 5.53. The highest BCUT2D eigenvalue weighted by molar-refractivity contribution is 7.07. The lowest BCUT2D eigenvalue weighted by atomic mass is 10.1. The van der Waals surface area contributed by atoms with Gasteiger partial charge in [0.15, 0.2) is 0 Å². The van der Waals surface area contributed by atoms with Crippen LogP contribution in [0.15, 0.2) is 33.7 Å². The van der Waals surface area contributed by atoms with Crippen LogP contribution >= 0.6 is 11.3 Å². The Kier molecular flexibility index (Phi) is 5.98. The Labute approximate surface area is 140 Å². The van der Waals surface area contributed by atoms with E-state index in [1.807, 2.05) is 36.7 Å². The number of methoxy groups -OCH3 is 2. The largest absolute Gasteiger partial charge is 0.497 e. The van der Waals surface area contributed by atoms with Crippen LogP contribution in [0.25, 0.3) is 11.3 Å². The van der Waals surface area contributed by atoms with Crippen molar-refractivity contribution < 1.29 is 9.47 Å². The molecule has 0 aliphatic carbocycles. The fourth-order valence-corrected chi connectivity index (χ4v) is 2.96. The van der Waals surface area contributed by atoms with Gasteiger partial charge in [0.05, 0.1) is 19.9 Å². The Hall–Kier alpha value is -2.08. The number of nitrogens with zero attached hydrogens (tertiary/aromatic N) is 3. The number of ether oxygens (including phenoxy) is 2. The minimum Gasteiger partial charge on any atom is -0.497 e. The van der Waals surface area contributed by atoms with E-state index in [2.05, 4.69) is 17.3 Å². The van der Waals surface area contributed by atoms with Gasteiger partial charge in [-0.05, 0) is 32.4 Å². The summed E-state index contributed by atoms with van der Waals surface area (Å²) in [6.45, 7) is 6.86. The van der Waals surface area contributed by atoms with Gasteiger partial charge < -0.3 is 9.47 Å². The van der Waals surface area contributed by atoms with Crippen LogP contribution in [0, 0.1) is 0 Å². The van der Waals surface area contributed by atoms with Crippen molar-refractivity contribution in [1.29, 1.82) is 0 Å². The second kappa shape index (κ2) is 7.97.